The maximum Gasteiger partial charge on any atom is 0.243 e. The lowest BCUT2D eigenvalue weighted by molar-refractivity contribution is -0.131. The first-order chi connectivity index (χ1) is 12.0. The van der Waals surface area contributed by atoms with Gasteiger partial charge in [-0.15, -0.1) is 0 Å². The van der Waals surface area contributed by atoms with E-state index in [1.807, 2.05) is 27.7 Å². The van der Waals surface area contributed by atoms with Gasteiger partial charge in [-0.3, -0.25) is 9.59 Å². The molecule has 1 aromatic carbocycles. The number of benzene rings is 1. The number of carbonyl (C=O) groups is 2. The Labute approximate surface area is 156 Å². The van der Waals surface area contributed by atoms with Gasteiger partial charge in [-0.05, 0) is 31.9 Å². The molecule has 1 amide bonds. The Morgan fingerprint density at radius 2 is 1.65 bits per heavy atom. The van der Waals surface area contributed by atoms with Gasteiger partial charge >= 0.3 is 0 Å². The standard InChI is InChI=1S/C19H28N2O4S/c1-14-5-7-16(8-6-14)26(24,25)21-11-9-15(10-12-21)18(23)20-13-17(22)19(2,3)4/h5-8,15H,9-13H2,1-4H3,(H,20,23). The van der Waals surface area contributed by atoms with Crippen molar-refractivity contribution >= 4 is 21.7 Å². The first kappa shape index (κ1) is 20.6. The highest BCUT2D eigenvalue weighted by atomic mass is 32.2. The largest absolute Gasteiger partial charge is 0.349 e. The van der Waals surface area contributed by atoms with Crippen LogP contribution >= 0.6 is 0 Å². The number of amides is 1. The van der Waals surface area contributed by atoms with Gasteiger partial charge in [0.2, 0.25) is 15.9 Å². The predicted octanol–water partition coefficient (Wildman–Crippen LogP) is 2.13. The minimum Gasteiger partial charge on any atom is -0.349 e. The molecule has 2 rings (SSSR count). The van der Waals surface area contributed by atoms with Crippen molar-refractivity contribution in [2.24, 2.45) is 11.3 Å². The summed E-state index contributed by atoms with van der Waals surface area (Å²) in [6.45, 7) is 7.99. The topological polar surface area (TPSA) is 83.6 Å². The third-order valence-corrected chi connectivity index (χ3v) is 6.66. The summed E-state index contributed by atoms with van der Waals surface area (Å²) in [6, 6.07) is 6.78. The lowest BCUT2D eigenvalue weighted by Gasteiger charge is -2.30. The number of piperidine rings is 1. The highest BCUT2D eigenvalue weighted by molar-refractivity contribution is 7.89. The molecule has 1 fully saturated rings. The summed E-state index contributed by atoms with van der Waals surface area (Å²) in [6.07, 6.45) is 0.918. The third-order valence-electron chi connectivity index (χ3n) is 4.74. The molecule has 6 nitrogen and oxygen atoms in total. The molecule has 1 N–H and O–H groups in total. The first-order valence-electron chi connectivity index (χ1n) is 8.89. The van der Waals surface area contributed by atoms with Crippen molar-refractivity contribution in [3.05, 3.63) is 29.8 Å². The van der Waals surface area contributed by atoms with E-state index in [-0.39, 0.29) is 29.0 Å². The average Bonchev–Trinajstić information content (AvgIpc) is 2.59. The van der Waals surface area contributed by atoms with Gasteiger partial charge < -0.3 is 5.32 Å². The second-order valence-electron chi connectivity index (χ2n) is 7.88. The molecule has 26 heavy (non-hydrogen) atoms. The van der Waals surface area contributed by atoms with Crippen molar-refractivity contribution < 1.29 is 18.0 Å². The van der Waals surface area contributed by atoms with Gasteiger partial charge in [0.15, 0.2) is 5.78 Å². The zero-order valence-corrected chi connectivity index (χ0v) is 16.7. The van der Waals surface area contributed by atoms with Crippen LogP contribution in [0.5, 0.6) is 0 Å². The lowest BCUT2D eigenvalue weighted by Crippen LogP contribution is -2.44. The van der Waals surface area contributed by atoms with Crippen LogP contribution in [0.3, 0.4) is 0 Å². The number of rotatable bonds is 5. The Morgan fingerprint density at radius 3 is 2.15 bits per heavy atom. The van der Waals surface area contributed by atoms with Crippen LogP contribution in [-0.4, -0.2) is 44.0 Å². The average molecular weight is 381 g/mol. The second-order valence-corrected chi connectivity index (χ2v) is 9.82. The monoisotopic (exact) mass is 380 g/mol. The molecule has 0 bridgehead atoms. The van der Waals surface area contributed by atoms with Crippen molar-refractivity contribution in [2.75, 3.05) is 19.6 Å². The molecule has 1 aromatic rings. The van der Waals surface area contributed by atoms with Crippen LogP contribution in [0.1, 0.15) is 39.2 Å². The van der Waals surface area contributed by atoms with E-state index in [1.165, 1.54) is 4.31 Å². The Bertz CT molecular complexity index is 756. The molecule has 1 aliphatic rings. The van der Waals surface area contributed by atoms with Gasteiger partial charge in [0, 0.05) is 24.4 Å². The van der Waals surface area contributed by atoms with Crippen LogP contribution in [-0.2, 0) is 19.6 Å². The fraction of sp³-hybridized carbons (Fsp3) is 0.579. The molecule has 0 atom stereocenters. The van der Waals surface area contributed by atoms with E-state index < -0.39 is 15.4 Å². The minimum absolute atomic E-state index is 0.0181. The SMILES string of the molecule is Cc1ccc(S(=O)(=O)N2CCC(C(=O)NCC(=O)C(C)(C)C)CC2)cc1. The molecular weight excluding hydrogens is 352 g/mol. The van der Waals surface area contributed by atoms with E-state index in [1.54, 1.807) is 24.3 Å². The van der Waals surface area contributed by atoms with E-state index in [0.29, 0.717) is 25.9 Å². The number of nitrogens with one attached hydrogen (secondary N) is 1. The van der Waals surface area contributed by atoms with Crippen molar-refractivity contribution in [1.29, 1.82) is 0 Å². The Balaban J connectivity index is 1.91. The maximum atomic E-state index is 12.7. The number of sulfonamides is 1. The summed E-state index contributed by atoms with van der Waals surface area (Å²) in [7, 11) is -3.53. The van der Waals surface area contributed by atoms with Gasteiger partial charge in [-0.25, -0.2) is 8.42 Å². The van der Waals surface area contributed by atoms with Crippen molar-refractivity contribution in [1.82, 2.24) is 9.62 Å². The fourth-order valence-electron chi connectivity index (χ4n) is 2.79. The van der Waals surface area contributed by atoms with Gasteiger partial charge in [0.1, 0.15) is 0 Å². The molecule has 144 valence electrons. The number of hydrogen-bond acceptors (Lipinski definition) is 4. The molecule has 7 heteroatoms. The van der Waals surface area contributed by atoms with E-state index in [2.05, 4.69) is 5.32 Å². The molecule has 0 aliphatic carbocycles. The number of aryl methyl sites for hydroxylation is 1. The van der Waals surface area contributed by atoms with Crippen molar-refractivity contribution in [2.45, 2.75) is 45.4 Å². The minimum atomic E-state index is -3.53. The highest BCUT2D eigenvalue weighted by Gasteiger charge is 2.32. The summed E-state index contributed by atoms with van der Waals surface area (Å²) >= 11 is 0. The van der Waals surface area contributed by atoms with Gasteiger partial charge in [0.05, 0.1) is 11.4 Å². The fourth-order valence-corrected chi connectivity index (χ4v) is 4.26. The number of nitrogens with zero attached hydrogens (tertiary/aromatic N) is 1. The van der Waals surface area contributed by atoms with E-state index in [0.717, 1.165) is 5.56 Å². The zero-order valence-electron chi connectivity index (χ0n) is 15.9. The van der Waals surface area contributed by atoms with E-state index >= 15 is 0 Å². The second kappa shape index (κ2) is 7.88. The smallest absolute Gasteiger partial charge is 0.243 e. The summed E-state index contributed by atoms with van der Waals surface area (Å²) in [5.74, 6) is -0.451. The lowest BCUT2D eigenvalue weighted by atomic mass is 9.90. The number of carbonyl (C=O) groups excluding carboxylic acids is 2. The third kappa shape index (κ3) is 4.92. The number of ketones is 1. The Kier molecular flexibility index (Phi) is 6.24. The van der Waals surface area contributed by atoms with Crippen molar-refractivity contribution in [3.8, 4) is 0 Å². The molecule has 0 radical (unpaired) electrons. The Hall–Kier alpha value is -1.73. The number of Topliss-reactive ketones (excluding diaryl/α,β-unsaturated/α-hetero) is 1. The molecule has 0 saturated carbocycles. The van der Waals surface area contributed by atoms with E-state index in [9.17, 15) is 18.0 Å². The quantitative estimate of drug-likeness (QED) is 0.848. The van der Waals surface area contributed by atoms with Crippen LogP contribution in [0.2, 0.25) is 0 Å². The van der Waals surface area contributed by atoms with Gasteiger partial charge in [-0.2, -0.15) is 4.31 Å². The van der Waals surface area contributed by atoms with Crippen LogP contribution in [0.25, 0.3) is 0 Å². The molecule has 0 spiro atoms. The molecule has 0 unspecified atom stereocenters. The molecule has 0 aromatic heterocycles. The summed E-state index contributed by atoms with van der Waals surface area (Å²) in [5, 5.41) is 2.69. The molecule has 1 aliphatic heterocycles. The summed E-state index contributed by atoms with van der Waals surface area (Å²) < 4.78 is 26.8. The predicted molar refractivity (Wildman–Crippen MR) is 100 cm³/mol. The first-order valence-corrected chi connectivity index (χ1v) is 10.3. The van der Waals surface area contributed by atoms with Crippen molar-refractivity contribution in [3.63, 3.8) is 0 Å². The van der Waals surface area contributed by atoms with Crippen LogP contribution in [0.4, 0.5) is 0 Å². The normalized spacial score (nSPS) is 17.1. The Morgan fingerprint density at radius 1 is 1.12 bits per heavy atom. The molecule has 1 saturated heterocycles. The zero-order chi connectivity index (χ0) is 19.5. The van der Waals surface area contributed by atoms with E-state index in [4.69, 9.17) is 0 Å². The van der Waals surface area contributed by atoms with Gasteiger partial charge in [0.25, 0.3) is 0 Å². The number of hydrogen-bond donors (Lipinski definition) is 1. The van der Waals surface area contributed by atoms with Crippen LogP contribution < -0.4 is 5.32 Å². The summed E-state index contributed by atoms with van der Waals surface area (Å²) in [5.41, 5.74) is 0.516. The summed E-state index contributed by atoms with van der Waals surface area (Å²) in [4.78, 5) is 24.5. The van der Waals surface area contributed by atoms with Crippen LogP contribution in [0.15, 0.2) is 29.2 Å². The maximum absolute atomic E-state index is 12.7. The van der Waals surface area contributed by atoms with Crippen LogP contribution in [0, 0.1) is 18.3 Å². The molecule has 1 heterocycles. The molecular formula is C19H28N2O4S. The highest BCUT2D eigenvalue weighted by Crippen LogP contribution is 2.24. The van der Waals surface area contributed by atoms with Gasteiger partial charge in [-0.1, -0.05) is 38.5 Å².